The molecule has 1 aliphatic rings. The van der Waals surface area contributed by atoms with E-state index in [0.717, 1.165) is 30.6 Å². The number of benzene rings is 2. The van der Waals surface area contributed by atoms with E-state index in [1.807, 2.05) is 60.4 Å². The Morgan fingerprint density at radius 3 is 2.68 bits per heavy atom. The summed E-state index contributed by atoms with van der Waals surface area (Å²) >= 11 is 0. The third-order valence-electron chi connectivity index (χ3n) is 6.84. The number of likely N-dealkylation sites (tertiary alicyclic amines) is 1. The van der Waals surface area contributed by atoms with Crippen molar-refractivity contribution in [2.24, 2.45) is 17.5 Å². The fraction of sp³-hybridized carbons (Fsp3) is 0.321. The lowest BCUT2D eigenvalue weighted by molar-refractivity contribution is 0.0691. The molecule has 5 N–H and O–H groups in total. The van der Waals surface area contributed by atoms with Crippen molar-refractivity contribution in [3.8, 4) is 5.69 Å². The topological polar surface area (TPSA) is 131 Å². The summed E-state index contributed by atoms with van der Waals surface area (Å²) in [6.45, 7) is 3.30. The second kappa shape index (κ2) is 11.3. The van der Waals surface area contributed by atoms with E-state index in [1.165, 1.54) is 11.2 Å². The van der Waals surface area contributed by atoms with Crippen LogP contribution in [0.5, 0.6) is 0 Å². The molecular formula is C28H34N6O3. The van der Waals surface area contributed by atoms with Crippen LogP contribution in [0.15, 0.2) is 72.7 Å². The first kappa shape index (κ1) is 26.0. The summed E-state index contributed by atoms with van der Waals surface area (Å²) in [4.78, 5) is 26.9. The van der Waals surface area contributed by atoms with Gasteiger partial charge in [0.2, 0.25) is 0 Å². The minimum absolute atomic E-state index is 0.0460. The highest BCUT2D eigenvalue weighted by atomic mass is 16.4. The average molecular weight is 503 g/mol. The van der Waals surface area contributed by atoms with Crippen molar-refractivity contribution in [2.75, 3.05) is 20.1 Å². The predicted molar refractivity (Wildman–Crippen MR) is 142 cm³/mol. The Morgan fingerprint density at radius 2 is 1.97 bits per heavy atom. The van der Waals surface area contributed by atoms with Gasteiger partial charge in [-0.2, -0.15) is 5.10 Å². The van der Waals surface area contributed by atoms with E-state index in [4.69, 9.17) is 11.6 Å². The molecule has 2 aromatic carbocycles. The number of aromatic nitrogens is 2. The average Bonchev–Trinajstić information content (AvgIpc) is 3.32. The monoisotopic (exact) mass is 502 g/mol. The number of carboxylic acids is 1. The first-order valence-corrected chi connectivity index (χ1v) is 12.4. The number of allylic oxidation sites excluding steroid dienone is 1. The molecule has 1 amide bonds. The standard InChI is InChI=1S/C28H34N6O3/c1-19(25(29)18-32(2)30)14-26-24(28(36)37)16-31-34(26)23-12-6-10-21(15-23)22-11-7-13-33(17-22)27(35)20-8-4-3-5-9-20/h3-6,8-10,12,15-16,18-19,22H,7,11,13-14,17,29-30H2,1-2H3,(H,36,37)/b25-18-. The Hall–Kier alpha value is -4.11. The lowest BCUT2D eigenvalue weighted by Crippen LogP contribution is -2.39. The Labute approximate surface area is 216 Å². The summed E-state index contributed by atoms with van der Waals surface area (Å²) < 4.78 is 1.68. The third kappa shape index (κ3) is 6.00. The third-order valence-corrected chi connectivity index (χ3v) is 6.84. The number of hydrogen-bond acceptors (Lipinski definition) is 6. The van der Waals surface area contributed by atoms with Crippen LogP contribution in [-0.4, -0.2) is 56.8 Å². The maximum atomic E-state index is 13.0. The number of rotatable bonds is 8. The zero-order valence-electron chi connectivity index (χ0n) is 21.2. The van der Waals surface area contributed by atoms with Gasteiger partial charge in [-0.05, 0) is 49.1 Å². The SMILES string of the molecule is CC(Cc1c(C(=O)O)cnn1-c1cccc(C2CCCN(C(=O)c3ccccc3)C2)c1)/C(N)=C/N(C)N. The maximum absolute atomic E-state index is 13.0. The quantitative estimate of drug-likeness (QED) is 0.318. The van der Waals surface area contributed by atoms with Crippen LogP contribution in [-0.2, 0) is 6.42 Å². The Bertz CT molecular complexity index is 1280. The van der Waals surface area contributed by atoms with Gasteiger partial charge >= 0.3 is 5.97 Å². The Morgan fingerprint density at radius 1 is 1.22 bits per heavy atom. The van der Waals surface area contributed by atoms with Gasteiger partial charge in [-0.25, -0.2) is 15.3 Å². The maximum Gasteiger partial charge on any atom is 0.339 e. The Balaban J connectivity index is 1.60. The van der Waals surface area contributed by atoms with Crippen LogP contribution in [0.2, 0.25) is 0 Å². The van der Waals surface area contributed by atoms with Gasteiger partial charge in [0.05, 0.1) is 17.6 Å². The van der Waals surface area contributed by atoms with Crippen LogP contribution in [0.25, 0.3) is 5.69 Å². The van der Waals surface area contributed by atoms with Crippen molar-refractivity contribution in [3.05, 3.63) is 95.1 Å². The highest BCUT2D eigenvalue weighted by molar-refractivity contribution is 5.94. The van der Waals surface area contributed by atoms with Gasteiger partial charge in [0.25, 0.3) is 5.91 Å². The van der Waals surface area contributed by atoms with E-state index in [2.05, 4.69) is 11.2 Å². The van der Waals surface area contributed by atoms with Gasteiger partial charge in [0.1, 0.15) is 5.56 Å². The first-order chi connectivity index (χ1) is 17.7. The van der Waals surface area contributed by atoms with Crippen molar-refractivity contribution in [3.63, 3.8) is 0 Å². The highest BCUT2D eigenvalue weighted by Crippen LogP contribution is 2.30. The molecule has 37 heavy (non-hydrogen) atoms. The zero-order chi connectivity index (χ0) is 26.5. The summed E-state index contributed by atoms with van der Waals surface area (Å²) in [5, 5.41) is 15.6. The van der Waals surface area contributed by atoms with Crippen LogP contribution in [0.1, 0.15) is 57.7 Å². The molecule has 4 rings (SSSR count). The van der Waals surface area contributed by atoms with Crippen LogP contribution in [0.3, 0.4) is 0 Å². The lowest BCUT2D eigenvalue weighted by Gasteiger charge is -2.33. The molecule has 194 valence electrons. The molecule has 1 fully saturated rings. The molecule has 0 spiro atoms. The van der Waals surface area contributed by atoms with Crippen LogP contribution in [0.4, 0.5) is 0 Å². The van der Waals surface area contributed by atoms with Crippen LogP contribution in [0, 0.1) is 5.92 Å². The molecule has 1 aliphatic heterocycles. The normalized spacial score (nSPS) is 16.9. The number of nitrogens with two attached hydrogens (primary N) is 2. The summed E-state index contributed by atoms with van der Waals surface area (Å²) in [7, 11) is 1.68. The smallest absolute Gasteiger partial charge is 0.339 e. The molecule has 0 radical (unpaired) electrons. The van der Waals surface area contributed by atoms with E-state index in [9.17, 15) is 14.7 Å². The first-order valence-electron chi connectivity index (χ1n) is 12.4. The summed E-state index contributed by atoms with van der Waals surface area (Å²) in [5.41, 5.74) is 10.0. The van der Waals surface area contributed by atoms with Crippen molar-refractivity contribution >= 4 is 11.9 Å². The molecule has 2 heterocycles. The molecule has 0 aliphatic carbocycles. The number of piperidine rings is 1. The molecule has 1 saturated heterocycles. The number of carboxylic acid groups (broad SMARTS) is 1. The number of carbonyl (C=O) groups excluding carboxylic acids is 1. The molecule has 2 unspecified atom stereocenters. The molecule has 0 saturated carbocycles. The molecule has 3 aromatic rings. The number of hydrogen-bond donors (Lipinski definition) is 3. The second-order valence-corrected chi connectivity index (χ2v) is 9.67. The van der Waals surface area contributed by atoms with E-state index < -0.39 is 5.97 Å². The largest absolute Gasteiger partial charge is 0.478 e. The molecule has 9 nitrogen and oxygen atoms in total. The molecule has 2 atom stereocenters. The minimum atomic E-state index is -1.04. The number of nitrogens with zero attached hydrogens (tertiary/aromatic N) is 4. The predicted octanol–water partition coefficient (Wildman–Crippen LogP) is 3.37. The summed E-state index contributed by atoms with van der Waals surface area (Å²) in [5.74, 6) is 4.73. The molecule has 1 aromatic heterocycles. The van der Waals surface area contributed by atoms with E-state index in [0.29, 0.717) is 29.9 Å². The molecule has 9 heteroatoms. The van der Waals surface area contributed by atoms with E-state index in [-0.39, 0.29) is 23.3 Å². The van der Waals surface area contributed by atoms with Gasteiger partial charge in [0.15, 0.2) is 0 Å². The van der Waals surface area contributed by atoms with Gasteiger partial charge in [-0.15, -0.1) is 0 Å². The van der Waals surface area contributed by atoms with Crippen LogP contribution < -0.4 is 11.6 Å². The van der Waals surface area contributed by atoms with Crippen molar-refractivity contribution in [1.82, 2.24) is 19.7 Å². The molecule has 0 bridgehead atoms. The number of aromatic carboxylic acids is 1. The summed E-state index contributed by atoms with van der Waals surface area (Å²) in [6.07, 6.45) is 5.28. The number of carbonyl (C=O) groups is 2. The highest BCUT2D eigenvalue weighted by Gasteiger charge is 2.26. The fourth-order valence-electron chi connectivity index (χ4n) is 4.85. The Kier molecular flexibility index (Phi) is 7.93. The van der Waals surface area contributed by atoms with E-state index in [1.54, 1.807) is 17.9 Å². The number of hydrazine groups is 1. The number of amides is 1. The van der Waals surface area contributed by atoms with Crippen LogP contribution >= 0.6 is 0 Å². The second-order valence-electron chi connectivity index (χ2n) is 9.67. The molecular weight excluding hydrogens is 468 g/mol. The zero-order valence-corrected chi connectivity index (χ0v) is 21.2. The van der Waals surface area contributed by atoms with Gasteiger partial charge in [-0.3, -0.25) is 4.79 Å². The van der Waals surface area contributed by atoms with Gasteiger partial charge in [0, 0.05) is 49.4 Å². The van der Waals surface area contributed by atoms with Gasteiger partial charge in [-0.1, -0.05) is 37.3 Å². The van der Waals surface area contributed by atoms with Crippen molar-refractivity contribution in [1.29, 1.82) is 0 Å². The minimum Gasteiger partial charge on any atom is -0.478 e. The van der Waals surface area contributed by atoms with E-state index >= 15 is 0 Å². The van der Waals surface area contributed by atoms with Crippen molar-refractivity contribution in [2.45, 2.75) is 32.1 Å². The fourth-order valence-corrected chi connectivity index (χ4v) is 4.85. The van der Waals surface area contributed by atoms with Gasteiger partial charge < -0.3 is 20.7 Å². The van der Waals surface area contributed by atoms with Crippen molar-refractivity contribution < 1.29 is 14.7 Å². The summed E-state index contributed by atoms with van der Waals surface area (Å²) in [6, 6.07) is 17.3. The lowest BCUT2D eigenvalue weighted by atomic mass is 9.90.